The molecule has 0 spiro atoms. The summed E-state index contributed by atoms with van der Waals surface area (Å²) < 4.78 is 7.25. The normalized spacial score (nSPS) is 12.0. The van der Waals surface area contributed by atoms with Gasteiger partial charge < -0.3 is 9.73 Å². The number of benzene rings is 1. The van der Waals surface area contributed by atoms with Crippen LogP contribution in [0, 0.1) is 0 Å². The Morgan fingerprint density at radius 2 is 2.21 bits per heavy atom. The Bertz CT molecular complexity index is 972. The molecule has 2 heterocycles. The number of furan rings is 1. The van der Waals surface area contributed by atoms with E-state index in [2.05, 4.69) is 22.1 Å². The van der Waals surface area contributed by atoms with Gasteiger partial charge in [-0.1, -0.05) is 47.1 Å². The molecule has 3 aromatic rings. The van der Waals surface area contributed by atoms with Gasteiger partial charge in [-0.15, -0.1) is 16.8 Å². The van der Waals surface area contributed by atoms with E-state index in [4.69, 9.17) is 27.6 Å². The SMILES string of the molecule is C=CCn1c(SCC(=O)NC(C)c2ccc(Cl)cc2Cl)nnc1-c1ccco1. The minimum Gasteiger partial charge on any atom is -0.461 e. The molecule has 146 valence electrons. The monoisotopic (exact) mass is 436 g/mol. The Kier molecular flexibility index (Phi) is 6.83. The number of aromatic nitrogens is 3. The number of carbonyl (C=O) groups is 1. The van der Waals surface area contributed by atoms with Crippen LogP contribution in [0.3, 0.4) is 0 Å². The number of rotatable bonds is 8. The first-order chi connectivity index (χ1) is 13.5. The maximum Gasteiger partial charge on any atom is 0.230 e. The number of amides is 1. The second-order valence-corrected chi connectivity index (χ2v) is 7.71. The molecule has 0 aliphatic carbocycles. The van der Waals surface area contributed by atoms with Gasteiger partial charge in [-0.3, -0.25) is 9.36 Å². The third-order valence-corrected chi connectivity index (χ3v) is 5.44. The molecule has 0 saturated heterocycles. The number of carbonyl (C=O) groups excluding carboxylic acids is 1. The molecular formula is C19H18Cl2N4O2S. The highest BCUT2D eigenvalue weighted by molar-refractivity contribution is 7.99. The maximum atomic E-state index is 12.4. The fourth-order valence-corrected chi connectivity index (χ4v) is 3.95. The molecule has 0 saturated carbocycles. The lowest BCUT2D eigenvalue weighted by molar-refractivity contribution is -0.119. The molecule has 1 N–H and O–H groups in total. The van der Waals surface area contributed by atoms with E-state index in [0.29, 0.717) is 33.3 Å². The third-order valence-electron chi connectivity index (χ3n) is 3.91. The predicted octanol–water partition coefficient (Wildman–Crippen LogP) is 5.00. The average Bonchev–Trinajstić information content (AvgIpc) is 3.30. The summed E-state index contributed by atoms with van der Waals surface area (Å²) >= 11 is 13.4. The molecule has 1 aromatic carbocycles. The van der Waals surface area contributed by atoms with Crippen LogP contribution in [0.2, 0.25) is 10.0 Å². The first-order valence-electron chi connectivity index (χ1n) is 8.44. The smallest absolute Gasteiger partial charge is 0.230 e. The Labute approximate surface area is 176 Å². The predicted molar refractivity (Wildman–Crippen MR) is 112 cm³/mol. The number of nitrogens with one attached hydrogen (secondary N) is 1. The van der Waals surface area contributed by atoms with Crippen molar-refractivity contribution in [3.8, 4) is 11.6 Å². The Morgan fingerprint density at radius 3 is 2.89 bits per heavy atom. The number of allylic oxidation sites excluding steroid dienone is 1. The molecular weight excluding hydrogens is 419 g/mol. The molecule has 1 amide bonds. The molecule has 28 heavy (non-hydrogen) atoms. The van der Waals surface area contributed by atoms with E-state index in [9.17, 15) is 4.79 Å². The highest BCUT2D eigenvalue weighted by Crippen LogP contribution is 2.27. The van der Waals surface area contributed by atoms with Crippen molar-refractivity contribution in [2.24, 2.45) is 0 Å². The average molecular weight is 437 g/mol. The zero-order valence-electron chi connectivity index (χ0n) is 15.1. The standard InChI is InChI=1S/C19H18Cl2N4O2S/c1-3-8-25-18(16-5-4-9-27-16)23-24-19(25)28-11-17(26)22-12(2)14-7-6-13(20)10-15(14)21/h3-7,9-10,12H,1,8,11H2,2H3,(H,22,26). The van der Waals surface area contributed by atoms with Crippen molar-refractivity contribution in [3.05, 3.63) is 64.9 Å². The summed E-state index contributed by atoms with van der Waals surface area (Å²) in [5, 5.41) is 13.0. The largest absolute Gasteiger partial charge is 0.461 e. The molecule has 9 heteroatoms. The van der Waals surface area contributed by atoms with E-state index < -0.39 is 0 Å². The fourth-order valence-electron chi connectivity index (χ4n) is 2.62. The van der Waals surface area contributed by atoms with Crippen LogP contribution >= 0.6 is 35.0 Å². The van der Waals surface area contributed by atoms with Gasteiger partial charge >= 0.3 is 0 Å². The van der Waals surface area contributed by atoms with Crippen molar-refractivity contribution in [1.82, 2.24) is 20.1 Å². The van der Waals surface area contributed by atoms with Crippen molar-refractivity contribution in [2.75, 3.05) is 5.75 Å². The van der Waals surface area contributed by atoms with Gasteiger partial charge in [0.15, 0.2) is 10.9 Å². The van der Waals surface area contributed by atoms with Gasteiger partial charge in [-0.25, -0.2) is 0 Å². The highest BCUT2D eigenvalue weighted by Gasteiger charge is 2.18. The molecule has 3 rings (SSSR count). The molecule has 0 fully saturated rings. The van der Waals surface area contributed by atoms with E-state index >= 15 is 0 Å². The zero-order chi connectivity index (χ0) is 20.1. The van der Waals surface area contributed by atoms with E-state index in [0.717, 1.165) is 5.56 Å². The number of hydrogen-bond donors (Lipinski definition) is 1. The first-order valence-corrected chi connectivity index (χ1v) is 10.2. The Balaban J connectivity index is 1.65. The summed E-state index contributed by atoms with van der Waals surface area (Å²) in [5.74, 6) is 1.24. The minimum atomic E-state index is -0.248. The van der Waals surface area contributed by atoms with E-state index in [-0.39, 0.29) is 17.7 Å². The summed E-state index contributed by atoms with van der Waals surface area (Å²) in [4.78, 5) is 12.4. The lowest BCUT2D eigenvalue weighted by atomic mass is 10.1. The van der Waals surface area contributed by atoms with Gasteiger partial charge in [-0.05, 0) is 36.8 Å². The summed E-state index contributed by atoms with van der Waals surface area (Å²) in [5.41, 5.74) is 0.805. The van der Waals surface area contributed by atoms with E-state index in [1.165, 1.54) is 11.8 Å². The maximum absolute atomic E-state index is 12.4. The quantitative estimate of drug-likeness (QED) is 0.397. The fraction of sp³-hybridized carbons (Fsp3) is 0.211. The number of hydrogen-bond acceptors (Lipinski definition) is 5. The van der Waals surface area contributed by atoms with Gasteiger partial charge in [0.05, 0.1) is 18.1 Å². The third kappa shape index (κ3) is 4.79. The molecule has 1 unspecified atom stereocenters. The molecule has 0 bridgehead atoms. The van der Waals surface area contributed by atoms with Crippen LogP contribution in [0.1, 0.15) is 18.5 Å². The van der Waals surface area contributed by atoms with Gasteiger partial charge in [0.25, 0.3) is 0 Å². The number of thioether (sulfide) groups is 1. The van der Waals surface area contributed by atoms with Crippen LogP contribution in [0.25, 0.3) is 11.6 Å². The molecule has 1 atom stereocenters. The van der Waals surface area contributed by atoms with Crippen molar-refractivity contribution in [3.63, 3.8) is 0 Å². The van der Waals surface area contributed by atoms with Crippen LogP contribution in [-0.4, -0.2) is 26.4 Å². The van der Waals surface area contributed by atoms with Crippen molar-refractivity contribution in [1.29, 1.82) is 0 Å². The number of nitrogens with zero attached hydrogens (tertiary/aromatic N) is 3. The minimum absolute atomic E-state index is 0.142. The summed E-state index contributed by atoms with van der Waals surface area (Å²) in [6, 6.07) is 8.55. The summed E-state index contributed by atoms with van der Waals surface area (Å²) in [6.45, 7) is 6.14. The molecule has 6 nitrogen and oxygen atoms in total. The van der Waals surface area contributed by atoms with Crippen LogP contribution in [0.5, 0.6) is 0 Å². The van der Waals surface area contributed by atoms with Gasteiger partial charge in [0, 0.05) is 16.6 Å². The zero-order valence-corrected chi connectivity index (χ0v) is 17.4. The van der Waals surface area contributed by atoms with Crippen molar-refractivity contribution >= 4 is 40.9 Å². The molecule has 2 aromatic heterocycles. The Hall–Kier alpha value is -2.22. The van der Waals surface area contributed by atoms with E-state index in [1.54, 1.807) is 36.6 Å². The second kappa shape index (κ2) is 9.32. The molecule has 0 aliphatic heterocycles. The van der Waals surface area contributed by atoms with Crippen molar-refractivity contribution in [2.45, 2.75) is 24.7 Å². The van der Waals surface area contributed by atoms with Crippen LogP contribution in [0.4, 0.5) is 0 Å². The lowest BCUT2D eigenvalue weighted by Crippen LogP contribution is -2.28. The van der Waals surface area contributed by atoms with Crippen LogP contribution < -0.4 is 5.32 Å². The summed E-state index contributed by atoms with van der Waals surface area (Å²) in [7, 11) is 0. The van der Waals surface area contributed by atoms with Crippen molar-refractivity contribution < 1.29 is 9.21 Å². The number of halogens is 2. The van der Waals surface area contributed by atoms with Crippen LogP contribution in [-0.2, 0) is 11.3 Å². The van der Waals surface area contributed by atoms with Gasteiger partial charge in [0.2, 0.25) is 11.7 Å². The van der Waals surface area contributed by atoms with Crippen LogP contribution in [0.15, 0.2) is 58.8 Å². The lowest BCUT2D eigenvalue weighted by Gasteiger charge is -2.16. The molecule has 0 aliphatic rings. The second-order valence-electron chi connectivity index (χ2n) is 5.93. The topological polar surface area (TPSA) is 73.0 Å². The summed E-state index contributed by atoms with van der Waals surface area (Å²) in [6.07, 6.45) is 3.32. The van der Waals surface area contributed by atoms with E-state index in [1.807, 2.05) is 17.6 Å². The highest BCUT2D eigenvalue weighted by atomic mass is 35.5. The van der Waals surface area contributed by atoms with Gasteiger partial charge in [-0.2, -0.15) is 0 Å². The molecule has 0 radical (unpaired) electrons. The Morgan fingerprint density at radius 1 is 1.39 bits per heavy atom. The van der Waals surface area contributed by atoms with Gasteiger partial charge in [0.1, 0.15) is 0 Å². The first kappa shape index (κ1) is 20.5.